The number of nitrogens with zero attached hydrogens (tertiary/aromatic N) is 4. The van der Waals surface area contributed by atoms with Crippen molar-refractivity contribution in [2.45, 2.75) is 31.7 Å². The second-order valence-electron chi connectivity index (χ2n) is 10.7. The molecular formula is C31H32Cl2FN5O4. The maximum Gasteiger partial charge on any atom is 0.415 e. The molecule has 5 rings (SSSR count). The molecule has 226 valence electrons. The van der Waals surface area contributed by atoms with Crippen molar-refractivity contribution >= 4 is 46.9 Å². The molecule has 1 aromatic heterocycles. The fourth-order valence-corrected chi connectivity index (χ4v) is 6.15. The first-order valence-electron chi connectivity index (χ1n) is 14.1. The summed E-state index contributed by atoms with van der Waals surface area (Å²) in [5.41, 5.74) is 6.53. The van der Waals surface area contributed by atoms with Crippen molar-refractivity contribution in [2.75, 3.05) is 37.6 Å². The molecule has 0 unspecified atom stereocenters. The fourth-order valence-electron chi connectivity index (χ4n) is 5.85. The van der Waals surface area contributed by atoms with E-state index in [0.717, 1.165) is 11.4 Å². The van der Waals surface area contributed by atoms with Crippen LogP contribution in [0.2, 0.25) is 10.0 Å². The predicted octanol–water partition coefficient (Wildman–Crippen LogP) is 5.36. The maximum atomic E-state index is 13.8. The van der Waals surface area contributed by atoms with E-state index < -0.39 is 17.8 Å². The largest absolute Gasteiger partial charge is 0.415 e. The standard InChI is InChI=1S/C31H32Cl2FN5O4/c1-2-39(31(42)43-23-7-5-22(34)6-8-23)27-18-38(17-24(27)20-3-9-25(32)26(33)15-20)30(41)19-11-13-37(14-12-19)28-10-4-21(16-36-28)29(35)40/h3-10,15-16,19,24,27H,2,11-14,17-18H2,1H3,(H2,35,40)/t24-,27+/m0/s1. The molecule has 2 aliphatic rings. The van der Waals surface area contributed by atoms with Gasteiger partial charge in [-0.25, -0.2) is 14.2 Å². The molecule has 9 nitrogen and oxygen atoms in total. The molecule has 2 N–H and O–H groups in total. The first kappa shape index (κ1) is 30.6. The van der Waals surface area contributed by atoms with E-state index in [0.29, 0.717) is 61.2 Å². The highest BCUT2D eigenvalue weighted by atomic mass is 35.5. The second kappa shape index (κ2) is 13.2. The summed E-state index contributed by atoms with van der Waals surface area (Å²) in [5, 5.41) is 0.811. The lowest BCUT2D eigenvalue weighted by atomic mass is 9.93. The van der Waals surface area contributed by atoms with Crippen LogP contribution >= 0.6 is 23.2 Å². The molecular weight excluding hydrogens is 596 g/mol. The lowest BCUT2D eigenvalue weighted by molar-refractivity contribution is -0.135. The minimum atomic E-state index is -0.582. The van der Waals surface area contributed by atoms with Crippen LogP contribution < -0.4 is 15.4 Å². The van der Waals surface area contributed by atoms with E-state index in [4.69, 9.17) is 33.7 Å². The van der Waals surface area contributed by atoms with Gasteiger partial charge in [0.15, 0.2) is 0 Å². The number of carbonyl (C=O) groups excluding carboxylic acids is 3. The number of rotatable bonds is 7. The molecule has 0 saturated carbocycles. The molecule has 0 aliphatic carbocycles. The van der Waals surface area contributed by atoms with Gasteiger partial charge in [0.25, 0.3) is 0 Å². The molecule has 2 fully saturated rings. The van der Waals surface area contributed by atoms with Gasteiger partial charge in [-0.2, -0.15) is 0 Å². The molecule has 12 heteroatoms. The van der Waals surface area contributed by atoms with Gasteiger partial charge >= 0.3 is 6.09 Å². The summed E-state index contributed by atoms with van der Waals surface area (Å²) in [7, 11) is 0. The summed E-state index contributed by atoms with van der Waals surface area (Å²) in [6.07, 6.45) is 2.16. The number of pyridine rings is 1. The van der Waals surface area contributed by atoms with Gasteiger partial charge in [0.1, 0.15) is 17.4 Å². The van der Waals surface area contributed by atoms with Crippen molar-refractivity contribution in [2.24, 2.45) is 11.7 Å². The van der Waals surface area contributed by atoms with Crippen LogP contribution in [-0.2, 0) is 4.79 Å². The summed E-state index contributed by atoms with van der Waals surface area (Å²) in [6.45, 7) is 4.19. The summed E-state index contributed by atoms with van der Waals surface area (Å²) < 4.78 is 19.0. The SMILES string of the molecule is CCN(C(=O)Oc1ccc(F)cc1)[C@@H]1CN(C(=O)C2CCN(c3ccc(C(N)=O)cn3)CC2)C[C@H]1c1ccc(Cl)c(Cl)c1. The maximum absolute atomic E-state index is 13.8. The number of hydrogen-bond donors (Lipinski definition) is 1. The molecule has 43 heavy (non-hydrogen) atoms. The molecule has 2 aliphatic heterocycles. The Kier molecular flexibility index (Phi) is 9.37. The number of likely N-dealkylation sites (tertiary alicyclic amines) is 1. The van der Waals surface area contributed by atoms with Gasteiger partial charge in [-0.3, -0.25) is 9.59 Å². The quantitative estimate of drug-likeness (QED) is 0.378. The lowest BCUT2D eigenvalue weighted by Crippen LogP contribution is -2.47. The number of amides is 3. The van der Waals surface area contributed by atoms with Gasteiger partial charge < -0.3 is 25.2 Å². The van der Waals surface area contributed by atoms with Crippen LogP contribution in [0.1, 0.15) is 41.6 Å². The zero-order valence-electron chi connectivity index (χ0n) is 23.6. The molecule has 0 bridgehead atoms. The highest BCUT2D eigenvalue weighted by Crippen LogP contribution is 2.36. The van der Waals surface area contributed by atoms with Gasteiger partial charge in [-0.1, -0.05) is 29.3 Å². The van der Waals surface area contributed by atoms with E-state index in [1.807, 2.05) is 17.9 Å². The van der Waals surface area contributed by atoms with Crippen molar-refractivity contribution < 1.29 is 23.5 Å². The average Bonchev–Trinajstić information content (AvgIpc) is 3.45. The van der Waals surface area contributed by atoms with Crippen molar-refractivity contribution in [3.8, 4) is 5.75 Å². The Hall–Kier alpha value is -3.89. The number of nitrogens with two attached hydrogens (primary N) is 1. The number of ether oxygens (including phenoxy) is 1. The molecule has 2 saturated heterocycles. The van der Waals surface area contributed by atoms with Crippen LogP contribution in [0, 0.1) is 11.7 Å². The van der Waals surface area contributed by atoms with E-state index in [2.05, 4.69) is 9.88 Å². The summed E-state index contributed by atoms with van der Waals surface area (Å²) in [4.78, 5) is 48.4. The Morgan fingerprint density at radius 1 is 1.02 bits per heavy atom. The molecule has 3 heterocycles. The van der Waals surface area contributed by atoms with Gasteiger partial charge in [0.05, 0.1) is 21.7 Å². The Morgan fingerprint density at radius 3 is 2.35 bits per heavy atom. The van der Waals surface area contributed by atoms with Crippen LogP contribution in [-0.4, -0.2) is 71.5 Å². The van der Waals surface area contributed by atoms with Crippen LogP contribution in [0.5, 0.6) is 5.75 Å². The third-order valence-electron chi connectivity index (χ3n) is 8.17. The Balaban J connectivity index is 1.31. The number of anilines is 1. The number of benzene rings is 2. The number of hydrogen-bond acceptors (Lipinski definition) is 6. The Bertz CT molecular complexity index is 1480. The monoisotopic (exact) mass is 627 g/mol. The minimum absolute atomic E-state index is 0.0344. The normalized spacial score (nSPS) is 18.9. The van der Waals surface area contributed by atoms with Crippen LogP contribution in [0.4, 0.5) is 15.0 Å². The summed E-state index contributed by atoms with van der Waals surface area (Å²) in [6, 6.07) is 13.6. The van der Waals surface area contributed by atoms with E-state index in [1.54, 1.807) is 29.2 Å². The van der Waals surface area contributed by atoms with E-state index >= 15 is 0 Å². The van der Waals surface area contributed by atoms with Crippen molar-refractivity contribution in [3.63, 3.8) is 0 Å². The van der Waals surface area contributed by atoms with Crippen LogP contribution in [0.3, 0.4) is 0 Å². The van der Waals surface area contributed by atoms with Crippen molar-refractivity contribution in [3.05, 3.63) is 87.8 Å². The van der Waals surface area contributed by atoms with Crippen molar-refractivity contribution in [1.82, 2.24) is 14.8 Å². The van der Waals surface area contributed by atoms with Crippen LogP contribution in [0.25, 0.3) is 0 Å². The Morgan fingerprint density at radius 2 is 1.74 bits per heavy atom. The van der Waals surface area contributed by atoms with Gasteiger partial charge in [-0.05, 0) is 73.9 Å². The highest BCUT2D eigenvalue weighted by molar-refractivity contribution is 6.42. The zero-order valence-corrected chi connectivity index (χ0v) is 25.1. The zero-order chi connectivity index (χ0) is 30.7. The van der Waals surface area contributed by atoms with E-state index in [9.17, 15) is 18.8 Å². The van der Waals surface area contributed by atoms with Gasteiger partial charge in [-0.15, -0.1) is 0 Å². The number of likely N-dealkylation sites (N-methyl/N-ethyl adjacent to an activating group) is 1. The molecule has 2 atom stereocenters. The number of primary amides is 1. The average molecular weight is 629 g/mol. The fraction of sp³-hybridized carbons (Fsp3) is 0.355. The molecule has 0 radical (unpaired) electrons. The third-order valence-corrected chi connectivity index (χ3v) is 8.91. The smallest absolute Gasteiger partial charge is 0.410 e. The number of carbonyl (C=O) groups is 3. The predicted molar refractivity (Wildman–Crippen MR) is 162 cm³/mol. The van der Waals surface area contributed by atoms with Crippen molar-refractivity contribution in [1.29, 1.82) is 0 Å². The Labute approximate surface area is 259 Å². The molecule has 3 aromatic rings. The molecule has 0 spiro atoms. The third kappa shape index (κ3) is 6.86. The van der Waals surface area contributed by atoms with Gasteiger partial charge in [0.2, 0.25) is 11.8 Å². The first-order chi connectivity index (χ1) is 20.6. The number of aromatic nitrogens is 1. The van der Waals surface area contributed by atoms with E-state index in [-0.39, 0.29) is 29.5 Å². The topological polar surface area (TPSA) is 109 Å². The number of piperidine rings is 1. The number of halogens is 3. The summed E-state index contributed by atoms with van der Waals surface area (Å²) >= 11 is 12.6. The molecule has 2 aromatic carbocycles. The lowest BCUT2D eigenvalue weighted by Gasteiger charge is -2.34. The minimum Gasteiger partial charge on any atom is -0.410 e. The highest BCUT2D eigenvalue weighted by Gasteiger charge is 2.43. The van der Waals surface area contributed by atoms with Crippen LogP contribution in [0.15, 0.2) is 60.8 Å². The first-order valence-corrected chi connectivity index (χ1v) is 14.9. The van der Waals surface area contributed by atoms with Gasteiger partial charge in [0, 0.05) is 50.8 Å². The van der Waals surface area contributed by atoms with E-state index in [1.165, 1.54) is 30.5 Å². The molecule has 3 amide bonds. The second-order valence-corrected chi connectivity index (χ2v) is 11.5. The summed E-state index contributed by atoms with van der Waals surface area (Å²) in [5.74, 6) is -0.380.